The van der Waals surface area contributed by atoms with Gasteiger partial charge in [-0.1, -0.05) is 6.08 Å². The lowest BCUT2D eigenvalue weighted by Gasteiger charge is -2.15. The van der Waals surface area contributed by atoms with Crippen LogP contribution in [-0.2, 0) is 11.2 Å². The molecule has 1 N–H and O–H groups in total. The molecule has 3 aromatic heterocycles. The van der Waals surface area contributed by atoms with Gasteiger partial charge in [0.25, 0.3) is 0 Å². The molecule has 5 aromatic rings. The summed E-state index contributed by atoms with van der Waals surface area (Å²) in [6.45, 7) is 5.48. The maximum atomic E-state index is 13.0. The van der Waals surface area contributed by atoms with Gasteiger partial charge in [-0.3, -0.25) is 9.69 Å². The van der Waals surface area contributed by atoms with Crippen molar-refractivity contribution in [2.24, 2.45) is 0 Å². The molecule has 0 aliphatic carbocycles. The normalized spacial score (nSPS) is 15.5. The van der Waals surface area contributed by atoms with Crippen LogP contribution < -0.4 is 14.8 Å². The molecule has 0 radical (unpaired) electrons. The zero-order valence-corrected chi connectivity index (χ0v) is 23.9. The first kappa shape index (κ1) is 27.3. The molecule has 1 fully saturated rings. The van der Waals surface area contributed by atoms with E-state index in [1.165, 1.54) is 12.7 Å². The van der Waals surface area contributed by atoms with E-state index in [1.807, 2.05) is 68.6 Å². The van der Waals surface area contributed by atoms with Crippen molar-refractivity contribution in [1.29, 1.82) is 0 Å². The van der Waals surface area contributed by atoms with Gasteiger partial charge >= 0.3 is 0 Å². The number of likely N-dealkylation sites (tertiary alicyclic amines) is 1. The van der Waals surface area contributed by atoms with Crippen LogP contribution in [0.25, 0.3) is 16.6 Å². The van der Waals surface area contributed by atoms with Crippen LogP contribution in [0.3, 0.4) is 0 Å². The van der Waals surface area contributed by atoms with Crippen molar-refractivity contribution in [3.05, 3.63) is 84.6 Å². The Morgan fingerprint density at radius 1 is 1.10 bits per heavy atom. The van der Waals surface area contributed by atoms with Gasteiger partial charge in [-0.15, -0.1) is 0 Å². The number of hydrogen-bond donors (Lipinski definition) is 1. The van der Waals surface area contributed by atoms with E-state index in [1.54, 1.807) is 10.6 Å². The Hall–Kier alpha value is -4.83. The molecule has 6 rings (SSSR count). The Morgan fingerprint density at radius 2 is 2.00 bits per heavy atom. The second kappa shape index (κ2) is 12.0. The van der Waals surface area contributed by atoms with Crippen LogP contribution in [0.4, 0.5) is 11.5 Å². The smallest absolute Gasteiger partial charge is 0.159 e. The van der Waals surface area contributed by atoms with Crippen molar-refractivity contribution in [1.82, 2.24) is 29.5 Å². The van der Waals surface area contributed by atoms with Crippen molar-refractivity contribution in [3.8, 4) is 17.2 Å². The molecule has 1 saturated heterocycles. The molecule has 10 heteroatoms. The van der Waals surface area contributed by atoms with Crippen molar-refractivity contribution >= 4 is 33.8 Å². The first-order valence-corrected chi connectivity index (χ1v) is 14.1. The van der Waals surface area contributed by atoms with E-state index < -0.39 is 0 Å². The molecular weight excluding hydrogens is 530 g/mol. The largest absolute Gasteiger partial charge is 0.494 e. The number of carbonyl (C=O) groups is 1. The number of ether oxygens (including phenoxy) is 2. The fourth-order valence-electron chi connectivity index (χ4n) is 5.27. The van der Waals surface area contributed by atoms with Gasteiger partial charge in [0, 0.05) is 47.4 Å². The van der Waals surface area contributed by atoms with Gasteiger partial charge in [0.05, 0.1) is 12.1 Å². The van der Waals surface area contributed by atoms with Gasteiger partial charge in [0.15, 0.2) is 11.4 Å². The number of pyridine rings is 1. The number of hydrogen-bond acceptors (Lipinski definition) is 9. The number of allylic oxidation sites excluding steroid dienone is 1. The van der Waals surface area contributed by atoms with Crippen molar-refractivity contribution in [3.63, 3.8) is 0 Å². The molecule has 0 spiro atoms. The molecule has 2 aromatic carbocycles. The van der Waals surface area contributed by atoms with E-state index in [0.29, 0.717) is 35.6 Å². The summed E-state index contributed by atoms with van der Waals surface area (Å²) < 4.78 is 13.7. The van der Waals surface area contributed by atoms with E-state index in [-0.39, 0.29) is 12.2 Å². The molecule has 1 atom stereocenters. The lowest BCUT2D eigenvalue weighted by atomic mass is 10.0. The first-order chi connectivity index (χ1) is 20.5. The average Bonchev–Trinajstić information content (AvgIpc) is 3.62. The molecule has 42 heavy (non-hydrogen) atoms. The summed E-state index contributed by atoms with van der Waals surface area (Å²) >= 11 is 0. The van der Waals surface area contributed by atoms with Gasteiger partial charge in [0.1, 0.15) is 35.7 Å². The van der Waals surface area contributed by atoms with Crippen LogP contribution in [0.2, 0.25) is 0 Å². The summed E-state index contributed by atoms with van der Waals surface area (Å²) in [5.74, 6) is 2.76. The number of ketones is 1. The maximum Gasteiger partial charge on any atom is 0.159 e. The highest BCUT2D eigenvalue weighted by atomic mass is 16.5. The van der Waals surface area contributed by atoms with Crippen LogP contribution in [0.15, 0.2) is 73.5 Å². The number of fused-ring (bicyclic) bond motifs is 2. The van der Waals surface area contributed by atoms with Crippen molar-refractivity contribution < 1.29 is 14.3 Å². The Balaban J connectivity index is 1.23. The number of carbonyl (C=O) groups excluding carboxylic acids is 1. The summed E-state index contributed by atoms with van der Waals surface area (Å²) in [6.07, 6.45) is 11.1. The Bertz CT molecular complexity index is 1780. The topological polar surface area (TPSA) is 107 Å². The predicted octanol–water partition coefficient (Wildman–Crippen LogP) is 5.68. The number of nitrogens with one attached hydrogen (secondary N) is 1. The van der Waals surface area contributed by atoms with Gasteiger partial charge in [-0.05, 0) is 82.3 Å². The lowest BCUT2D eigenvalue weighted by Crippen LogP contribution is -2.22. The van der Waals surface area contributed by atoms with E-state index in [9.17, 15) is 4.79 Å². The second-order valence-corrected chi connectivity index (χ2v) is 10.5. The fraction of sp³-hybridized carbons (Fsp3) is 0.281. The Labute approximate surface area is 244 Å². The number of benzene rings is 2. The van der Waals surface area contributed by atoms with E-state index in [4.69, 9.17) is 9.47 Å². The third-order valence-corrected chi connectivity index (χ3v) is 7.48. The standard InChI is InChI=1S/C32H33N7O3/c1-4-41-30-18-28-27(16-22(30)15-25(40)9-8-24-6-5-12-38(24)3)32(35-19-33-28)37-23-7-10-29(21(2)14-23)42-26-11-13-39-31(17-26)34-20-36-39/h7-11,13-14,16-20,24H,4-6,12,15H2,1-3H3,(H,33,35,37)/b9-8+/t24-/m1/s1. The number of anilines is 2. The zero-order valence-electron chi connectivity index (χ0n) is 23.9. The third kappa shape index (κ3) is 5.94. The Morgan fingerprint density at radius 3 is 2.81 bits per heavy atom. The van der Waals surface area contributed by atoms with Crippen LogP contribution in [0.5, 0.6) is 17.2 Å². The van der Waals surface area contributed by atoms with E-state index in [2.05, 4.69) is 37.3 Å². The third-order valence-electron chi connectivity index (χ3n) is 7.48. The predicted molar refractivity (Wildman–Crippen MR) is 162 cm³/mol. The summed E-state index contributed by atoms with van der Waals surface area (Å²) in [5.41, 5.74) is 4.05. The summed E-state index contributed by atoms with van der Waals surface area (Å²) in [5, 5.41) is 8.35. The molecule has 0 bridgehead atoms. The zero-order chi connectivity index (χ0) is 29.1. The number of aryl methyl sites for hydroxylation is 1. The van der Waals surface area contributed by atoms with Crippen molar-refractivity contribution in [2.75, 3.05) is 25.5 Å². The van der Waals surface area contributed by atoms with Gasteiger partial charge in [-0.25, -0.2) is 19.5 Å². The highest BCUT2D eigenvalue weighted by Crippen LogP contribution is 2.33. The second-order valence-electron chi connectivity index (χ2n) is 10.5. The van der Waals surface area contributed by atoms with E-state index >= 15 is 0 Å². The SMILES string of the molecule is CCOc1cc2ncnc(Nc3ccc(Oc4ccn5ncnc5c4)c(C)c3)c2cc1CC(=O)/C=C/[C@H]1CCCN1C. The minimum absolute atomic E-state index is 0.0383. The summed E-state index contributed by atoms with van der Waals surface area (Å²) in [6, 6.07) is 13.7. The highest BCUT2D eigenvalue weighted by Gasteiger charge is 2.19. The maximum absolute atomic E-state index is 13.0. The molecule has 10 nitrogen and oxygen atoms in total. The molecule has 0 unspecified atom stereocenters. The molecule has 1 aliphatic heterocycles. The summed E-state index contributed by atoms with van der Waals surface area (Å²) in [4.78, 5) is 28.5. The number of likely N-dealkylation sites (N-methyl/N-ethyl adjacent to an activating group) is 1. The van der Waals surface area contributed by atoms with Crippen molar-refractivity contribution in [2.45, 2.75) is 39.2 Å². The van der Waals surface area contributed by atoms with Gasteiger partial charge in [-0.2, -0.15) is 5.10 Å². The van der Waals surface area contributed by atoms with Crippen LogP contribution in [0.1, 0.15) is 30.9 Å². The van der Waals surface area contributed by atoms with Gasteiger partial charge < -0.3 is 14.8 Å². The monoisotopic (exact) mass is 563 g/mol. The minimum atomic E-state index is 0.0383. The molecule has 4 heterocycles. The van der Waals surface area contributed by atoms with Crippen LogP contribution in [0, 0.1) is 6.92 Å². The number of aromatic nitrogens is 5. The molecular formula is C32H33N7O3. The average molecular weight is 564 g/mol. The Kier molecular flexibility index (Phi) is 7.78. The first-order valence-electron chi connectivity index (χ1n) is 14.1. The fourth-order valence-corrected chi connectivity index (χ4v) is 5.27. The molecule has 0 amide bonds. The molecule has 214 valence electrons. The highest BCUT2D eigenvalue weighted by molar-refractivity contribution is 5.96. The van der Waals surface area contributed by atoms with Gasteiger partial charge in [0.2, 0.25) is 0 Å². The lowest BCUT2D eigenvalue weighted by molar-refractivity contribution is -0.114. The molecule has 1 aliphatic rings. The quantitative estimate of drug-likeness (QED) is 0.215. The molecule has 0 saturated carbocycles. The van der Waals surface area contributed by atoms with Crippen LogP contribution in [-0.4, -0.2) is 61.5 Å². The minimum Gasteiger partial charge on any atom is -0.494 e. The van der Waals surface area contributed by atoms with Crippen LogP contribution >= 0.6 is 0 Å². The summed E-state index contributed by atoms with van der Waals surface area (Å²) in [7, 11) is 2.10. The van der Waals surface area contributed by atoms with E-state index in [0.717, 1.165) is 52.9 Å². The number of rotatable bonds is 10. The number of nitrogens with zero attached hydrogens (tertiary/aromatic N) is 6.